The van der Waals surface area contributed by atoms with E-state index in [1.54, 1.807) is 10.8 Å². The summed E-state index contributed by atoms with van der Waals surface area (Å²) in [6.07, 6.45) is 8.43. The Hall–Kier alpha value is -1.34. The molecule has 0 N–H and O–H groups in total. The molecule has 0 radical (unpaired) electrons. The van der Waals surface area contributed by atoms with Gasteiger partial charge in [-0.1, -0.05) is 86.5 Å². The second kappa shape index (κ2) is 8.67. The Morgan fingerprint density at radius 2 is 1.38 bits per heavy atom. The molecule has 0 aliphatic heterocycles. The molecule has 0 heterocycles. The fourth-order valence-electron chi connectivity index (χ4n) is 4.29. The highest BCUT2D eigenvalue weighted by molar-refractivity contribution is 6.53. The maximum atomic E-state index is 2.38. The van der Waals surface area contributed by atoms with E-state index in [4.69, 9.17) is 0 Å². The lowest BCUT2D eigenvalue weighted by molar-refractivity contribution is 0.308. The SMILES string of the molecule is CCC[C@H]1CC[C@H](c2ccc(-c3ccc([SiH2]CC)cc3)cc2)CC1. The van der Waals surface area contributed by atoms with Crippen LogP contribution in [-0.2, 0) is 0 Å². The average molecular weight is 337 g/mol. The molecule has 0 unspecified atom stereocenters. The first kappa shape index (κ1) is 17.5. The van der Waals surface area contributed by atoms with Crippen LogP contribution in [0.15, 0.2) is 48.5 Å². The fraction of sp³-hybridized carbons (Fsp3) is 0.478. The Kier molecular flexibility index (Phi) is 6.31. The molecular weight excluding hydrogens is 304 g/mol. The van der Waals surface area contributed by atoms with Gasteiger partial charge in [-0.3, -0.25) is 0 Å². The molecule has 24 heavy (non-hydrogen) atoms. The molecule has 1 saturated carbocycles. The van der Waals surface area contributed by atoms with Gasteiger partial charge in [0, 0.05) is 0 Å². The molecule has 0 saturated heterocycles. The van der Waals surface area contributed by atoms with E-state index in [1.807, 2.05) is 0 Å². The van der Waals surface area contributed by atoms with Crippen LogP contribution in [0.5, 0.6) is 0 Å². The Bertz CT molecular complexity index is 603. The minimum Gasteiger partial charge on any atom is -0.0680 e. The zero-order valence-electron chi connectivity index (χ0n) is 15.4. The third-order valence-corrected chi connectivity index (χ3v) is 7.30. The van der Waals surface area contributed by atoms with Crippen LogP contribution >= 0.6 is 0 Å². The first-order chi connectivity index (χ1) is 11.8. The predicted molar refractivity (Wildman–Crippen MR) is 110 cm³/mol. The molecule has 2 aromatic carbocycles. The summed E-state index contributed by atoms with van der Waals surface area (Å²) in [7, 11) is -0.0252. The van der Waals surface area contributed by atoms with Crippen molar-refractivity contribution in [3.8, 4) is 11.1 Å². The van der Waals surface area contributed by atoms with Crippen LogP contribution in [-0.4, -0.2) is 9.52 Å². The van der Waals surface area contributed by atoms with Crippen molar-refractivity contribution in [1.29, 1.82) is 0 Å². The second-order valence-electron chi connectivity index (χ2n) is 7.58. The van der Waals surface area contributed by atoms with Crippen molar-refractivity contribution in [2.45, 2.75) is 64.3 Å². The zero-order chi connectivity index (χ0) is 16.8. The monoisotopic (exact) mass is 336 g/mol. The number of hydrogen-bond acceptors (Lipinski definition) is 0. The van der Waals surface area contributed by atoms with Gasteiger partial charge in [-0.2, -0.15) is 0 Å². The van der Waals surface area contributed by atoms with Gasteiger partial charge in [0.25, 0.3) is 0 Å². The Labute approximate surface area is 150 Å². The largest absolute Gasteiger partial charge is 0.0680 e. The average Bonchev–Trinajstić information content (AvgIpc) is 2.64. The van der Waals surface area contributed by atoms with Gasteiger partial charge < -0.3 is 0 Å². The third kappa shape index (κ3) is 4.39. The number of hydrogen-bond donors (Lipinski definition) is 0. The van der Waals surface area contributed by atoms with Crippen LogP contribution in [0.4, 0.5) is 0 Å². The molecule has 1 heteroatoms. The smallest absolute Gasteiger partial charge is 0.0544 e. The highest BCUT2D eigenvalue weighted by Crippen LogP contribution is 2.37. The van der Waals surface area contributed by atoms with Gasteiger partial charge in [-0.05, 0) is 54.2 Å². The summed E-state index contributed by atoms with van der Waals surface area (Å²) >= 11 is 0. The maximum absolute atomic E-state index is 2.38. The summed E-state index contributed by atoms with van der Waals surface area (Å²) in [6.45, 7) is 4.62. The van der Waals surface area contributed by atoms with E-state index in [1.165, 1.54) is 55.7 Å². The van der Waals surface area contributed by atoms with Gasteiger partial charge in [0.15, 0.2) is 0 Å². The Balaban J connectivity index is 1.63. The molecule has 0 atom stereocenters. The van der Waals surface area contributed by atoms with Crippen LogP contribution in [0.2, 0.25) is 6.04 Å². The van der Waals surface area contributed by atoms with E-state index in [-0.39, 0.29) is 9.52 Å². The summed E-state index contributed by atoms with van der Waals surface area (Å²) in [5, 5.41) is 1.58. The molecule has 1 aliphatic rings. The van der Waals surface area contributed by atoms with E-state index in [0.717, 1.165) is 11.8 Å². The molecule has 0 nitrogen and oxygen atoms in total. The highest BCUT2D eigenvalue weighted by Gasteiger charge is 2.21. The van der Waals surface area contributed by atoms with Crippen LogP contribution in [0.3, 0.4) is 0 Å². The molecule has 0 spiro atoms. The molecule has 128 valence electrons. The quantitative estimate of drug-likeness (QED) is 0.597. The zero-order valence-corrected chi connectivity index (χ0v) is 16.8. The molecule has 2 aromatic rings. The van der Waals surface area contributed by atoms with Crippen LogP contribution in [0.1, 0.15) is 63.9 Å². The summed E-state index contributed by atoms with van der Waals surface area (Å²) in [6, 6.07) is 20.1. The van der Waals surface area contributed by atoms with Gasteiger partial charge in [-0.25, -0.2) is 0 Å². The molecular formula is C23H32Si. The summed E-state index contributed by atoms with van der Waals surface area (Å²) in [4.78, 5) is 0. The van der Waals surface area contributed by atoms with Gasteiger partial charge in [0.05, 0.1) is 9.52 Å². The van der Waals surface area contributed by atoms with Gasteiger partial charge in [-0.15, -0.1) is 0 Å². The normalized spacial score (nSPS) is 21.4. The van der Waals surface area contributed by atoms with Gasteiger partial charge in [0.2, 0.25) is 0 Å². The topological polar surface area (TPSA) is 0 Å². The summed E-state index contributed by atoms with van der Waals surface area (Å²) in [5.41, 5.74) is 4.29. The van der Waals surface area contributed by atoms with E-state index < -0.39 is 0 Å². The van der Waals surface area contributed by atoms with Gasteiger partial charge >= 0.3 is 0 Å². The Morgan fingerprint density at radius 3 is 1.92 bits per heavy atom. The van der Waals surface area contributed by atoms with Crippen molar-refractivity contribution in [3.63, 3.8) is 0 Å². The molecule has 1 aliphatic carbocycles. The van der Waals surface area contributed by atoms with Gasteiger partial charge in [0.1, 0.15) is 0 Å². The van der Waals surface area contributed by atoms with Crippen LogP contribution in [0, 0.1) is 5.92 Å². The lowest BCUT2D eigenvalue weighted by Crippen LogP contribution is -2.13. The lowest BCUT2D eigenvalue weighted by Gasteiger charge is -2.28. The molecule has 1 fully saturated rings. The lowest BCUT2D eigenvalue weighted by atomic mass is 9.77. The van der Waals surface area contributed by atoms with Crippen molar-refractivity contribution in [2.24, 2.45) is 5.92 Å². The van der Waals surface area contributed by atoms with E-state index in [9.17, 15) is 0 Å². The molecule has 0 bridgehead atoms. The predicted octanol–water partition coefficient (Wildman–Crippen LogP) is 5.66. The third-order valence-electron chi connectivity index (χ3n) is 5.75. The van der Waals surface area contributed by atoms with Crippen molar-refractivity contribution in [2.75, 3.05) is 0 Å². The number of benzene rings is 2. The number of rotatable bonds is 6. The van der Waals surface area contributed by atoms with Crippen LogP contribution in [0.25, 0.3) is 11.1 Å². The van der Waals surface area contributed by atoms with Crippen molar-refractivity contribution < 1.29 is 0 Å². The van der Waals surface area contributed by atoms with Crippen LogP contribution < -0.4 is 5.19 Å². The van der Waals surface area contributed by atoms with E-state index in [0.29, 0.717) is 0 Å². The summed E-state index contributed by atoms with van der Waals surface area (Å²) in [5.74, 6) is 1.79. The van der Waals surface area contributed by atoms with Crippen molar-refractivity contribution in [3.05, 3.63) is 54.1 Å². The maximum Gasteiger partial charge on any atom is 0.0544 e. The summed E-state index contributed by atoms with van der Waals surface area (Å²) < 4.78 is 0. The van der Waals surface area contributed by atoms with E-state index in [2.05, 4.69) is 62.4 Å². The highest BCUT2D eigenvalue weighted by atomic mass is 28.2. The van der Waals surface area contributed by atoms with Crippen molar-refractivity contribution in [1.82, 2.24) is 0 Å². The van der Waals surface area contributed by atoms with E-state index >= 15 is 0 Å². The Morgan fingerprint density at radius 1 is 0.792 bits per heavy atom. The minimum atomic E-state index is -0.0252. The second-order valence-corrected chi connectivity index (χ2v) is 9.89. The standard InChI is InChI=1S/C23H32Si/c1-3-5-18-6-8-19(9-7-18)20-10-12-21(13-11-20)22-14-16-23(17-15-22)24-4-2/h10-19H,3-9,24H2,1-2H3/t18-,19-. The minimum absolute atomic E-state index is 0.0252. The fourth-order valence-corrected chi connectivity index (χ4v) is 5.44. The molecule has 0 aromatic heterocycles. The first-order valence-corrected chi connectivity index (χ1v) is 11.7. The molecule has 3 rings (SSSR count). The first-order valence-electron chi connectivity index (χ1n) is 9.99. The molecule has 0 amide bonds. The van der Waals surface area contributed by atoms with Crippen molar-refractivity contribution >= 4 is 14.7 Å².